The molecule has 5 nitrogen and oxygen atoms in total. The summed E-state index contributed by atoms with van der Waals surface area (Å²) in [4.78, 5) is 16.6. The molecule has 1 amide bonds. The maximum Gasteiger partial charge on any atom is 0.231 e. The summed E-state index contributed by atoms with van der Waals surface area (Å²) in [5.74, 6) is -0.0836. The van der Waals surface area contributed by atoms with E-state index in [4.69, 9.17) is 27.9 Å². The third-order valence-corrected chi connectivity index (χ3v) is 7.50. The predicted molar refractivity (Wildman–Crippen MR) is 126 cm³/mol. The second kappa shape index (κ2) is 8.73. The Kier molecular flexibility index (Phi) is 5.95. The first kappa shape index (κ1) is 21.8. The number of nitrogens with one attached hydrogen (secondary N) is 1. The van der Waals surface area contributed by atoms with E-state index in [0.29, 0.717) is 33.7 Å². The van der Waals surface area contributed by atoms with Gasteiger partial charge in [0.15, 0.2) is 5.67 Å². The van der Waals surface area contributed by atoms with Gasteiger partial charge in [0, 0.05) is 44.2 Å². The van der Waals surface area contributed by atoms with E-state index < -0.39 is 11.6 Å². The molecule has 1 aliphatic carbocycles. The summed E-state index contributed by atoms with van der Waals surface area (Å²) in [5.41, 5.74) is 0.650. The minimum Gasteiger partial charge on any atom is -0.494 e. The van der Waals surface area contributed by atoms with E-state index >= 15 is 0 Å². The van der Waals surface area contributed by atoms with E-state index in [9.17, 15) is 9.18 Å². The first-order valence-corrected chi connectivity index (χ1v) is 11.9. The SMILES string of the molecule is O=C1Nc2cc(OCCCCN3CCN(c4cccc(Cl)c4Cl)CC3)ccc2C2(F)CC12. The van der Waals surface area contributed by atoms with Crippen molar-refractivity contribution in [3.8, 4) is 5.75 Å². The van der Waals surface area contributed by atoms with Crippen molar-refractivity contribution in [3.05, 3.63) is 52.0 Å². The molecule has 1 saturated heterocycles. The van der Waals surface area contributed by atoms with Crippen LogP contribution in [0.15, 0.2) is 36.4 Å². The summed E-state index contributed by atoms with van der Waals surface area (Å²) in [5, 5.41) is 4.01. The van der Waals surface area contributed by atoms with Crippen LogP contribution in [-0.4, -0.2) is 50.1 Å². The number of rotatable bonds is 7. The average Bonchev–Trinajstić information content (AvgIpc) is 3.50. The van der Waals surface area contributed by atoms with Crippen molar-refractivity contribution in [2.24, 2.45) is 5.92 Å². The van der Waals surface area contributed by atoms with Gasteiger partial charge in [0.05, 0.1) is 33.9 Å². The van der Waals surface area contributed by atoms with Crippen LogP contribution in [0.4, 0.5) is 15.8 Å². The summed E-state index contributed by atoms with van der Waals surface area (Å²) < 4.78 is 20.5. The van der Waals surface area contributed by atoms with Gasteiger partial charge in [0.25, 0.3) is 0 Å². The predicted octanol–water partition coefficient (Wildman–Crippen LogP) is 5.11. The Labute approximate surface area is 197 Å². The molecule has 5 rings (SSSR count). The van der Waals surface area contributed by atoms with Crippen molar-refractivity contribution >= 4 is 40.5 Å². The zero-order chi connectivity index (χ0) is 22.3. The highest BCUT2D eigenvalue weighted by Crippen LogP contribution is 2.60. The number of piperazine rings is 1. The molecule has 2 aromatic rings. The number of benzene rings is 2. The van der Waals surface area contributed by atoms with Crippen LogP contribution in [0, 0.1) is 5.92 Å². The van der Waals surface area contributed by atoms with Gasteiger partial charge in [0.1, 0.15) is 5.75 Å². The van der Waals surface area contributed by atoms with Crippen molar-refractivity contribution in [1.82, 2.24) is 4.90 Å². The highest BCUT2D eigenvalue weighted by Gasteiger charge is 2.64. The number of alkyl halides is 1. The Morgan fingerprint density at radius 3 is 2.75 bits per heavy atom. The zero-order valence-electron chi connectivity index (χ0n) is 17.8. The van der Waals surface area contributed by atoms with Gasteiger partial charge >= 0.3 is 0 Å². The molecule has 0 aromatic heterocycles. The Bertz CT molecular complexity index is 1030. The summed E-state index contributed by atoms with van der Waals surface area (Å²) in [6.45, 7) is 5.43. The lowest BCUT2D eigenvalue weighted by molar-refractivity contribution is -0.118. The molecule has 2 unspecified atom stereocenters. The third-order valence-electron chi connectivity index (χ3n) is 6.69. The minimum atomic E-state index is -1.47. The number of fused-ring (bicyclic) bond motifs is 3. The van der Waals surface area contributed by atoms with Gasteiger partial charge in [-0.2, -0.15) is 0 Å². The molecule has 170 valence electrons. The summed E-state index contributed by atoms with van der Waals surface area (Å²) in [6, 6.07) is 11.0. The van der Waals surface area contributed by atoms with Gasteiger partial charge in [0.2, 0.25) is 5.91 Å². The number of ether oxygens (including phenoxy) is 1. The van der Waals surface area contributed by atoms with Crippen LogP contribution in [0.1, 0.15) is 24.8 Å². The van der Waals surface area contributed by atoms with Gasteiger partial charge < -0.3 is 15.0 Å². The maximum absolute atomic E-state index is 14.7. The number of halogens is 3. The summed E-state index contributed by atoms with van der Waals surface area (Å²) >= 11 is 12.5. The smallest absolute Gasteiger partial charge is 0.231 e. The molecule has 1 saturated carbocycles. The van der Waals surface area contributed by atoms with Crippen molar-refractivity contribution in [2.45, 2.75) is 24.9 Å². The minimum absolute atomic E-state index is 0.227. The van der Waals surface area contributed by atoms with E-state index in [1.54, 1.807) is 18.2 Å². The Morgan fingerprint density at radius 2 is 1.94 bits per heavy atom. The van der Waals surface area contributed by atoms with Crippen LogP contribution in [0.5, 0.6) is 5.75 Å². The van der Waals surface area contributed by atoms with E-state index in [2.05, 4.69) is 15.1 Å². The fourth-order valence-corrected chi connectivity index (χ4v) is 5.13. The normalized spacial score (nSPS) is 24.5. The van der Waals surface area contributed by atoms with E-state index in [0.717, 1.165) is 51.3 Å². The zero-order valence-corrected chi connectivity index (χ0v) is 19.3. The van der Waals surface area contributed by atoms with Crippen LogP contribution in [-0.2, 0) is 10.5 Å². The van der Waals surface area contributed by atoms with Gasteiger partial charge in [-0.1, -0.05) is 35.3 Å². The lowest BCUT2D eigenvalue weighted by atomic mass is 10.0. The molecule has 2 fully saturated rings. The van der Waals surface area contributed by atoms with Gasteiger partial charge in [-0.3, -0.25) is 9.69 Å². The number of amides is 1. The first-order valence-electron chi connectivity index (χ1n) is 11.1. The number of unbranched alkanes of at least 4 members (excludes halogenated alkanes) is 1. The Morgan fingerprint density at radius 1 is 1.12 bits per heavy atom. The number of hydrogen-bond acceptors (Lipinski definition) is 4. The van der Waals surface area contributed by atoms with Gasteiger partial charge in [-0.15, -0.1) is 0 Å². The molecule has 2 heterocycles. The largest absolute Gasteiger partial charge is 0.494 e. The van der Waals surface area contributed by atoms with Crippen LogP contribution >= 0.6 is 23.2 Å². The van der Waals surface area contributed by atoms with Crippen molar-refractivity contribution in [3.63, 3.8) is 0 Å². The fourth-order valence-electron chi connectivity index (χ4n) is 4.71. The molecule has 0 spiro atoms. The Balaban J connectivity index is 1.04. The van der Waals surface area contributed by atoms with Crippen LogP contribution in [0.2, 0.25) is 10.0 Å². The number of carbonyl (C=O) groups is 1. The summed E-state index contributed by atoms with van der Waals surface area (Å²) in [6.07, 6.45) is 2.25. The van der Waals surface area contributed by atoms with E-state index in [-0.39, 0.29) is 12.3 Å². The Hall–Kier alpha value is -2.02. The van der Waals surface area contributed by atoms with Crippen molar-refractivity contribution in [2.75, 3.05) is 49.5 Å². The van der Waals surface area contributed by atoms with E-state index in [1.165, 1.54) is 0 Å². The monoisotopic (exact) mass is 477 g/mol. The molecule has 32 heavy (non-hydrogen) atoms. The van der Waals surface area contributed by atoms with Crippen LogP contribution in [0.25, 0.3) is 0 Å². The first-order chi connectivity index (χ1) is 15.5. The molecule has 1 N–H and O–H groups in total. The number of hydrogen-bond donors (Lipinski definition) is 1. The molecule has 3 aliphatic rings. The maximum atomic E-state index is 14.7. The summed E-state index contributed by atoms with van der Waals surface area (Å²) in [7, 11) is 0. The van der Waals surface area contributed by atoms with Gasteiger partial charge in [-0.05, 0) is 37.6 Å². The lowest BCUT2D eigenvalue weighted by Crippen LogP contribution is -2.46. The molecule has 8 heteroatoms. The number of nitrogens with zero attached hydrogens (tertiary/aromatic N) is 2. The second-order valence-electron chi connectivity index (χ2n) is 8.77. The molecule has 2 atom stereocenters. The van der Waals surface area contributed by atoms with Crippen LogP contribution in [0.3, 0.4) is 0 Å². The third kappa shape index (κ3) is 4.16. The quantitative estimate of drug-likeness (QED) is 0.562. The average molecular weight is 478 g/mol. The fraction of sp³-hybridized carbons (Fsp3) is 0.458. The van der Waals surface area contributed by atoms with Gasteiger partial charge in [-0.25, -0.2) is 4.39 Å². The molecule has 2 aromatic carbocycles. The topological polar surface area (TPSA) is 44.8 Å². The highest BCUT2D eigenvalue weighted by molar-refractivity contribution is 6.43. The number of carbonyl (C=O) groups excluding carboxylic acids is 1. The van der Waals surface area contributed by atoms with Crippen LogP contribution < -0.4 is 15.0 Å². The molecular weight excluding hydrogens is 452 g/mol. The molecule has 0 radical (unpaired) electrons. The molecule has 2 aliphatic heterocycles. The van der Waals surface area contributed by atoms with Crippen molar-refractivity contribution in [1.29, 1.82) is 0 Å². The second-order valence-corrected chi connectivity index (χ2v) is 9.56. The van der Waals surface area contributed by atoms with Crippen molar-refractivity contribution < 1.29 is 13.9 Å². The molecular formula is C24H26Cl2FN3O2. The highest BCUT2D eigenvalue weighted by atomic mass is 35.5. The molecule has 0 bridgehead atoms. The standard InChI is InChI=1S/C24H26Cl2FN3O2/c25-19-4-3-5-21(22(19)26)30-11-9-29(10-12-30)8-1-2-13-32-16-6-7-17-20(14-16)28-23(31)18-15-24(17,18)27/h3-7,14,18H,1-2,8-13,15H2,(H,28,31). The lowest BCUT2D eigenvalue weighted by Gasteiger charge is -2.36. The van der Waals surface area contributed by atoms with E-state index in [1.807, 2.05) is 18.2 Å². The number of anilines is 2.